The quantitative estimate of drug-likeness (QED) is 0.630. The first kappa shape index (κ1) is 21.8. The van der Waals surface area contributed by atoms with Crippen LogP contribution in [-0.4, -0.2) is 35.3 Å². The summed E-state index contributed by atoms with van der Waals surface area (Å²) in [5.74, 6) is 0.0832. The molecular weight excluding hydrogens is 369 g/mol. The van der Waals surface area contributed by atoms with E-state index in [1.165, 1.54) is 4.90 Å². The van der Waals surface area contributed by atoms with Gasteiger partial charge in [0.2, 0.25) is 5.91 Å². The van der Waals surface area contributed by atoms with Gasteiger partial charge in [0.1, 0.15) is 6.04 Å². The van der Waals surface area contributed by atoms with Crippen LogP contribution in [0.4, 0.5) is 13.2 Å². The van der Waals surface area contributed by atoms with Gasteiger partial charge in [0.05, 0.1) is 0 Å². The van der Waals surface area contributed by atoms with E-state index in [2.05, 4.69) is 17.2 Å². The second-order valence-corrected chi connectivity index (χ2v) is 7.94. The lowest BCUT2D eigenvalue weighted by molar-refractivity contribution is -0.142. The predicted octanol–water partition coefficient (Wildman–Crippen LogP) is 3.24. The number of nitrogens with zero attached hydrogens (tertiary/aromatic N) is 1. The first-order valence-corrected chi connectivity index (χ1v) is 9.36. The number of nitrogens with one attached hydrogen (secondary N) is 1. The Morgan fingerprint density at radius 2 is 1.71 bits per heavy atom. The van der Waals surface area contributed by atoms with E-state index in [0.29, 0.717) is 25.3 Å². The molecule has 1 aromatic rings. The van der Waals surface area contributed by atoms with Gasteiger partial charge < -0.3 is 10.2 Å². The van der Waals surface area contributed by atoms with E-state index in [1.807, 2.05) is 27.7 Å². The molecule has 0 radical (unpaired) electrons. The molecule has 1 fully saturated rings. The second kappa shape index (κ2) is 9.13. The molecule has 2 unspecified atom stereocenters. The van der Waals surface area contributed by atoms with Crippen molar-refractivity contribution in [3.63, 3.8) is 0 Å². The van der Waals surface area contributed by atoms with E-state index in [1.54, 1.807) is 0 Å². The summed E-state index contributed by atoms with van der Waals surface area (Å²) in [6.07, 6.45) is 1.19. The summed E-state index contributed by atoms with van der Waals surface area (Å²) >= 11 is 0. The van der Waals surface area contributed by atoms with Crippen LogP contribution in [0.2, 0.25) is 0 Å². The van der Waals surface area contributed by atoms with Gasteiger partial charge in [0.15, 0.2) is 17.5 Å². The highest BCUT2D eigenvalue weighted by Crippen LogP contribution is 2.20. The smallest absolute Gasteiger partial charge is 0.299 e. The maximum atomic E-state index is 13.3. The van der Waals surface area contributed by atoms with E-state index >= 15 is 0 Å². The molecule has 7 heteroatoms. The molecule has 1 aliphatic heterocycles. The van der Waals surface area contributed by atoms with Crippen molar-refractivity contribution in [3.05, 3.63) is 35.1 Å². The molecule has 2 atom stereocenters. The number of halogens is 3. The third kappa shape index (κ3) is 5.51. The minimum atomic E-state index is -1.59. The summed E-state index contributed by atoms with van der Waals surface area (Å²) in [5, 5.41) is 2.96. The van der Waals surface area contributed by atoms with Crippen molar-refractivity contribution in [3.8, 4) is 11.8 Å². The number of carbonyl (C=O) groups is 2. The minimum Gasteiger partial charge on any atom is -0.350 e. The third-order valence-corrected chi connectivity index (χ3v) is 4.45. The van der Waals surface area contributed by atoms with E-state index in [9.17, 15) is 22.8 Å². The summed E-state index contributed by atoms with van der Waals surface area (Å²) in [6.45, 7) is 8.27. The summed E-state index contributed by atoms with van der Waals surface area (Å²) < 4.78 is 39.7. The van der Waals surface area contributed by atoms with Crippen molar-refractivity contribution in [2.75, 3.05) is 6.54 Å². The lowest BCUT2D eigenvalue weighted by atomic mass is 9.95. The lowest BCUT2D eigenvalue weighted by Crippen LogP contribution is -2.61. The van der Waals surface area contributed by atoms with E-state index in [0.717, 1.165) is 12.1 Å². The Hall–Kier alpha value is -2.49. The van der Waals surface area contributed by atoms with Crippen LogP contribution in [0.5, 0.6) is 0 Å². The Labute approximate surface area is 163 Å². The summed E-state index contributed by atoms with van der Waals surface area (Å²) in [5.41, 5.74) is -0.148. The van der Waals surface area contributed by atoms with Gasteiger partial charge in [-0.2, -0.15) is 0 Å². The molecule has 0 bridgehead atoms. The fourth-order valence-electron chi connectivity index (χ4n) is 3.28. The van der Waals surface area contributed by atoms with Crippen molar-refractivity contribution < 1.29 is 22.8 Å². The van der Waals surface area contributed by atoms with Crippen molar-refractivity contribution in [2.45, 2.75) is 52.6 Å². The molecule has 2 amide bonds. The molecule has 1 aliphatic rings. The Morgan fingerprint density at radius 3 is 2.25 bits per heavy atom. The molecule has 1 heterocycles. The largest absolute Gasteiger partial charge is 0.350 e. The summed E-state index contributed by atoms with van der Waals surface area (Å²) in [6, 6.07) is 0.637. The minimum absolute atomic E-state index is 0.148. The van der Waals surface area contributed by atoms with Crippen LogP contribution >= 0.6 is 0 Å². The Bertz CT molecular complexity index is 789. The lowest BCUT2D eigenvalue weighted by Gasteiger charge is -2.39. The third-order valence-electron chi connectivity index (χ3n) is 4.45. The van der Waals surface area contributed by atoms with Crippen molar-refractivity contribution >= 4 is 11.8 Å². The number of piperazine rings is 1. The molecule has 0 aromatic heterocycles. The monoisotopic (exact) mass is 394 g/mol. The number of hydrogen-bond acceptors (Lipinski definition) is 2. The molecule has 152 valence electrons. The van der Waals surface area contributed by atoms with Gasteiger partial charge >= 0.3 is 0 Å². The average molecular weight is 394 g/mol. The number of hydrogen-bond donors (Lipinski definition) is 1. The van der Waals surface area contributed by atoms with Gasteiger partial charge in [-0.05, 0) is 36.8 Å². The van der Waals surface area contributed by atoms with Gasteiger partial charge in [-0.15, -0.1) is 0 Å². The van der Waals surface area contributed by atoms with Gasteiger partial charge in [0, 0.05) is 24.1 Å². The van der Waals surface area contributed by atoms with E-state index in [-0.39, 0.29) is 23.4 Å². The SMILES string of the molecule is CC(C)CC1CN(C(=O)C#Cc2cc(F)c(F)c(F)c2)C(CC(C)C)C(=O)N1. The molecule has 1 saturated heterocycles. The van der Waals surface area contributed by atoms with Crippen molar-refractivity contribution in [2.24, 2.45) is 11.8 Å². The molecule has 1 N–H and O–H groups in total. The standard InChI is InChI=1S/C21H25F3N2O2/c1-12(2)7-15-11-26(18(8-13(3)4)21(28)25-15)19(27)6-5-14-9-16(22)20(24)17(23)10-14/h9-10,12-13,15,18H,7-8,11H2,1-4H3,(H,25,28). The number of benzene rings is 1. The normalized spacial score (nSPS) is 19.5. The topological polar surface area (TPSA) is 49.4 Å². The van der Waals surface area contributed by atoms with E-state index in [4.69, 9.17) is 0 Å². The highest BCUT2D eigenvalue weighted by atomic mass is 19.2. The molecule has 4 nitrogen and oxygen atoms in total. The van der Waals surface area contributed by atoms with Crippen LogP contribution in [0.3, 0.4) is 0 Å². The maximum absolute atomic E-state index is 13.3. The molecule has 2 rings (SSSR count). The van der Waals surface area contributed by atoms with Gasteiger partial charge in [-0.3, -0.25) is 9.59 Å². The fourth-order valence-corrected chi connectivity index (χ4v) is 3.28. The summed E-state index contributed by atoms with van der Waals surface area (Å²) in [4.78, 5) is 26.7. The predicted molar refractivity (Wildman–Crippen MR) is 99.5 cm³/mol. The van der Waals surface area contributed by atoms with Crippen LogP contribution in [0.25, 0.3) is 0 Å². The fraction of sp³-hybridized carbons (Fsp3) is 0.524. The first-order chi connectivity index (χ1) is 13.1. The Balaban J connectivity index is 2.26. The summed E-state index contributed by atoms with van der Waals surface area (Å²) in [7, 11) is 0. The molecule has 28 heavy (non-hydrogen) atoms. The highest BCUT2D eigenvalue weighted by Gasteiger charge is 2.37. The van der Waals surface area contributed by atoms with Crippen LogP contribution < -0.4 is 5.32 Å². The van der Waals surface area contributed by atoms with Crippen LogP contribution in [0, 0.1) is 41.1 Å². The number of carbonyl (C=O) groups excluding carboxylic acids is 2. The zero-order chi connectivity index (χ0) is 21.0. The Morgan fingerprint density at radius 1 is 1.14 bits per heavy atom. The van der Waals surface area contributed by atoms with Crippen molar-refractivity contribution in [1.82, 2.24) is 10.2 Å². The zero-order valence-corrected chi connectivity index (χ0v) is 16.5. The van der Waals surface area contributed by atoms with Crippen LogP contribution in [0.15, 0.2) is 12.1 Å². The van der Waals surface area contributed by atoms with Crippen LogP contribution in [-0.2, 0) is 9.59 Å². The molecule has 0 spiro atoms. The van der Waals surface area contributed by atoms with Gasteiger partial charge in [0.25, 0.3) is 5.91 Å². The molecule has 0 aliphatic carbocycles. The number of rotatable bonds is 4. The average Bonchev–Trinajstić information content (AvgIpc) is 2.58. The number of amides is 2. The molecular formula is C21H25F3N2O2. The van der Waals surface area contributed by atoms with Gasteiger partial charge in [-0.25, -0.2) is 13.2 Å². The Kier molecular flexibility index (Phi) is 7.11. The molecule has 0 saturated carbocycles. The maximum Gasteiger partial charge on any atom is 0.299 e. The molecule has 1 aromatic carbocycles. The van der Waals surface area contributed by atoms with Gasteiger partial charge in [-0.1, -0.05) is 33.6 Å². The first-order valence-electron chi connectivity index (χ1n) is 9.36. The van der Waals surface area contributed by atoms with Crippen molar-refractivity contribution in [1.29, 1.82) is 0 Å². The van der Waals surface area contributed by atoms with E-state index < -0.39 is 29.4 Å². The zero-order valence-electron chi connectivity index (χ0n) is 16.5. The van der Waals surface area contributed by atoms with Crippen LogP contribution in [0.1, 0.15) is 46.1 Å². The highest BCUT2D eigenvalue weighted by molar-refractivity contribution is 5.98. The second-order valence-electron chi connectivity index (χ2n) is 7.94.